The molecule has 21 heavy (non-hydrogen) atoms. The molecule has 0 bridgehead atoms. The summed E-state index contributed by atoms with van der Waals surface area (Å²) in [4.78, 5) is 25.4. The van der Waals surface area contributed by atoms with Gasteiger partial charge in [0.25, 0.3) is 0 Å². The van der Waals surface area contributed by atoms with Gasteiger partial charge in [-0.05, 0) is 38.1 Å². The molecule has 0 heterocycles. The zero-order valence-corrected chi connectivity index (χ0v) is 12.9. The first-order chi connectivity index (χ1) is 9.97. The number of rotatable bonds is 7. The van der Waals surface area contributed by atoms with E-state index in [0.29, 0.717) is 24.5 Å². The lowest BCUT2D eigenvalue weighted by atomic mass is 10.1. The SMILES string of the molecule is CCNC(=O)CN(CC)CC(=O)Nc1cccc(N)c1C. The second-order valence-electron chi connectivity index (χ2n) is 4.82. The number of amides is 2. The monoisotopic (exact) mass is 292 g/mol. The molecule has 0 aliphatic heterocycles. The lowest BCUT2D eigenvalue weighted by molar-refractivity contribution is -0.123. The van der Waals surface area contributed by atoms with Gasteiger partial charge in [0.1, 0.15) is 0 Å². The maximum Gasteiger partial charge on any atom is 0.238 e. The topological polar surface area (TPSA) is 87.5 Å². The molecule has 4 N–H and O–H groups in total. The van der Waals surface area contributed by atoms with Crippen molar-refractivity contribution >= 4 is 23.2 Å². The molecule has 116 valence electrons. The van der Waals surface area contributed by atoms with Crippen LogP contribution in [-0.4, -0.2) is 42.9 Å². The highest BCUT2D eigenvalue weighted by atomic mass is 16.2. The van der Waals surface area contributed by atoms with Crippen LogP contribution in [0, 0.1) is 6.92 Å². The molecule has 0 atom stereocenters. The number of carbonyl (C=O) groups is 2. The molecule has 0 aromatic heterocycles. The quantitative estimate of drug-likeness (QED) is 0.654. The van der Waals surface area contributed by atoms with Crippen LogP contribution in [0.15, 0.2) is 18.2 Å². The zero-order chi connectivity index (χ0) is 15.8. The van der Waals surface area contributed by atoms with E-state index in [1.807, 2.05) is 26.8 Å². The fourth-order valence-corrected chi connectivity index (χ4v) is 1.92. The van der Waals surface area contributed by atoms with Crippen molar-refractivity contribution in [1.29, 1.82) is 0 Å². The van der Waals surface area contributed by atoms with Crippen LogP contribution in [0.3, 0.4) is 0 Å². The van der Waals surface area contributed by atoms with Crippen molar-refractivity contribution in [3.63, 3.8) is 0 Å². The van der Waals surface area contributed by atoms with Gasteiger partial charge in [0.15, 0.2) is 0 Å². The van der Waals surface area contributed by atoms with Crippen LogP contribution < -0.4 is 16.4 Å². The van der Waals surface area contributed by atoms with Gasteiger partial charge in [0, 0.05) is 17.9 Å². The molecular weight excluding hydrogens is 268 g/mol. The molecule has 0 unspecified atom stereocenters. The van der Waals surface area contributed by atoms with Crippen molar-refractivity contribution < 1.29 is 9.59 Å². The van der Waals surface area contributed by atoms with E-state index in [2.05, 4.69) is 10.6 Å². The van der Waals surface area contributed by atoms with E-state index in [1.54, 1.807) is 17.0 Å². The first kappa shape index (κ1) is 17.0. The number of nitrogen functional groups attached to an aromatic ring is 1. The summed E-state index contributed by atoms with van der Waals surface area (Å²) in [5.74, 6) is -0.234. The normalized spacial score (nSPS) is 10.5. The number of hydrogen-bond donors (Lipinski definition) is 3. The molecule has 0 radical (unpaired) electrons. The highest BCUT2D eigenvalue weighted by Crippen LogP contribution is 2.20. The largest absolute Gasteiger partial charge is 0.398 e. The Bertz CT molecular complexity index is 502. The maximum atomic E-state index is 12.1. The number of hydrogen-bond acceptors (Lipinski definition) is 4. The van der Waals surface area contributed by atoms with Crippen LogP contribution >= 0.6 is 0 Å². The van der Waals surface area contributed by atoms with Crippen LogP contribution in [0.1, 0.15) is 19.4 Å². The highest BCUT2D eigenvalue weighted by Gasteiger charge is 2.13. The molecule has 1 rings (SSSR count). The van der Waals surface area contributed by atoms with E-state index in [9.17, 15) is 9.59 Å². The van der Waals surface area contributed by atoms with Crippen molar-refractivity contribution in [3.05, 3.63) is 23.8 Å². The van der Waals surface area contributed by atoms with E-state index < -0.39 is 0 Å². The third kappa shape index (κ3) is 5.43. The standard InChI is InChI=1S/C15H24N4O2/c1-4-17-14(20)9-19(5-2)10-15(21)18-13-8-6-7-12(16)11(13)3/h6-8H,4-5,9-10,16H2,1-3H3,(H,17,20)(H,18,21). The molecule has 0 fully saturated rings. The fraction of sp³-hybridized carbons (Fsp3) is 0.467. The minimum atomic E-state index is -0.158. The average molecular weight is 292 g/mol. The van der Waals surface area contributed by atoms with Crippen LogP contribution in [0.2, 0.25) is 0 Å². The van der Waals surface area contributed by atoms with Gasteiger partial charge in [-0.1, -0.05) is 13.0 Å². The van der Waals surface area contributed by atoms with E-state index >= 15 is 0 Å². The second-order valence-corrected chi connectivity index (χ2v) is 4.82. The molecule has 0 saturated carbocycles. The Hall–Kier alpha value is -2.08. The van der Waals surface area contributed by atoms with E-state index in [4.69, 9.17) is 5.73 Å². The average Bonchev–Trinajstić information content (AvgIpc) is 2.43. The van der Waals surface area contributed by atoms with Crippen LogP contribution in [0.4, 0.5) is 11.4 Å². The van der Waals surface area contributed by atoms with Gasteiger partial charge >= 0.3 is 0 Å². The number of carbonyl (C=O) groups excluding carboxylic acids is 2. The summed E-state index contributed by atoms with van der Waals surface area (Å²) in [5, 5.41) is 5.55. The summed E-state index contributed by atoms with van der Waals surface area (Å²) in [7, 11) is 0. The third-order valence-electron chi connectivity index (χ3n) is 3.21. The second kappa shape index (κ2) is 8.26. The van der Waals surface area contributed by atoms with Gasteiger partial charge in [-0.3, -0.25) is 14.5 Å². The summed E-state index contributed by atoms with van der Waals surface area (Å²) < 4.78 is 0. The number of nitrogens with two attached hydrogens (primary N) is 1. The Labute approximate surface area is 125 Å². The first-order valence-electron chi connectivity index (χ1n) is 7.11. The maximum absolute atomic E-state index is 12.1. The Morgan fingerprint density at radius 2 is 1.86 bits per heavy atom. The Balaban J connectivity index is 2.58. The number of benzene rings is 1. The zero-order valence-electron chi connectivity index (χ0n) is 12.9. The summed E-state index contributed by atoms with van der Waals surface area (Å²) >= 11 is 0. The summed E-state index contributed by atoms with van der Waals surface area (Å²) in [5.41, 5.74) is 8.00. The molecular formula is C15H24N4O2. The van der Waals surface area contributed by atoms with Crippen molar-refractivity contribution in [1.82, 2.24) is 10.2 Å². The van der Waals surface area contributed by atoms with Gasteiger partial charge < -0.3 is 16.4 Å². The fourth-order valence-electron chi connectivity index (χ4n) is 1.92. The lowest BCUT2D eigenvalue weighted by Gasteiger charge is -2.19. The predicted molar refractivity (Wildman–Crippen MR) is 85.0 cm³/mol. The molecule has 0 spiro atoms. The van der Waals surface area contributed by atoms with Gasteiger partial charge in [-0.15, -0.1) is 0 Å². The molecule has 0 saturated heterocycles. The van der Waals surface area contributed by atoms with Crippen LogP contribution in [0.25, 0.3) is 0 Å². The minimum absolute atomic E-state index is 0.0766. The molecule has 0 aliphatic carbocycles. The van der Waals surface area contributed by atoms with E-state index in [-0.39, 0.29) is 24.9 Å². The van der Waals surface area contributed by atoms with E-state index in [0.717, 1.165) is 5.56 Å². The van der Waals surface area contributed by atoms with Crippen molar-refractivity contribution in [3.8, 4) is 0 Å². The van der Waals surface area contributed by atoms with Crippen LogP contribution in [-0.2, 0) is 9.59 Å². The molecule has 6 nitrogen and oxygen atoms in total. The van der Waals surface area contributed by atoms with Crippen molar-refractivity contribution in [2.45, 2.75) is 20.8 Å². The van der Waals surface area contributed by atoms with Gasteiger partial charge in [0.05, 0.1) is 13.1 Å². The summed E-state index contributed by atoms with van der Waals surface area (Å²) in [6.07, 6.45) is 0. The Kier molecular flexibility index (Phi) is 6.68. The number of nitrogens with one attached hydrogen (secondary N) is 2. The lowest BCUT2D eigenvalue weighted by Crippen LogP contribution is -2.41. The molecule has 0 aliphatic rings. The van der Waals surface area contributed by atoms with E-state index in [1.165, 1.54) is 0 Å². The number of anilines is 2. The van der Waals surface area contributed by atoms with Crippen molar-refractivity contribution in [2.24, 2.45) is 0 Å². The summed E-state index contributed by atoms with van der Waals surface area (Å²) in [6, 6.07) is 5.40. The Morgan fingerprint density at radius 3 is 2.48 bits per heavy atom. The smallest absolute Gasteiger partial charge is 0.238 e. The molecule has 1 aromatic rings. The Morgan fingerprint density at radius 1 is 1.19 bits per heavy atom. The van der Waals surface area contributed by atoms with Crippen LogP contribution in [0.5, 0.6) is 0 Å². The highest BCUT2D eigenvalue weighted by molar-refractivity contribution is 5.94. The summed E-state index contributed by atoms with van der Waals surface area (Å²) in [6.45, 7) is 7.24. The molecule has 6 heteroatoms. The predicted octanol–water partition coefficient (Wildman–Crippen LogP) is 0.974. The van der Waals surface area contributed by atoms with Gasteiger partial charge in [-0.25, -0.2) is 0 Å². The molecule has 2 amide bonds. The number of likely N-dealkylation sites (N-methyl/N-ethyl adjacent to an activating group) is 2. The van der Waals surface area contributed by atoms with Crippen molar-refractivity contribution in [2.75, 3.05) is 37.2 Å². The molecule has 1 aromatic carbocycles. The third-order valence-corrected chi connectivity index (χ3v) is 3.21. The number of nitrogens with zero attached hydrogens (tertiary/aromatic N) is 1. The first-order valence-corrected chi connectivity index (χ1v) is 7.11. The minimum Gasteiger partial charge on any atom is -0.398 e. The van der Waals surface area contributed by atoms with Gasteiger partial charge in [0.2, 0.25) is 11.8 Å². The van der Waals surface area contributed by atoms with Gasteiger partial charge in [-0.2, -0.15) is 0 Å².